The summed E-state index contributed by atoms with van der Waals surface area (Å²) >= 11 is 0. The maximum atomic E-state index is 2.45. The van der Waals surface area contributed by atoms with Crippen LogP contribution in [-0.4, -0.2) is 23.1 Å². The van der Waals surface area contributed by atoms with E-state index < -0.39 is 0 Å². The number of rotatable bonds is 0. The summed E-state index contributed by atoms with van der Waals surface area (Å²) in [5.41, 5.74) is 0. The number of hydrogen-bond donors (Lipinski definition) is 0. The molecule has 11 heavy (non-hydrogen) atoms. The summed E-state index contributed by atoms with van der Waals surface area (Å²) < 4.78 is 0. The molecule has 1 aliphatic carbocycles. The Balaban J connectivity index is 0. The molecule has 0 nitrogen and oxygen atoms in total. The molecule has 1 rings (SSSR count). The van der Waals surface area contributed by atoms with Gasteiger partial charge in [-0.2, -0.15) is 12.8 Å². The van der Waals surface area contributed by atoms with Crippen molar-refractivity contribution in [3.05, 3.63) is 6.42 Å². The van der Waals surface area contributed by atoms with E-state index in [1.165, 1.54) is 38.5 Å². The standard InChI is InChI=1S/C9H17.HI.Mg/c1-9-7-5-3-2-4-6-8-9;;/h3,9H,2,4-8H2,1H3;1H;/q-1;;+2/p-1. The van der Waals surface area contributed by atoms with Gasteiger partial charge in [0.2, 0.25) is 0 Å². The fraction of sp³-hybridized carbons (Fsp3) is 0.889. The SMILES string of the molecule is CC1CC[CH-]CCCC1.[I-].[Mg+2]. The van der Waals surface area contributed by atoms with E-state index in [9.17, 15) is 0 Å². The molecule has 2 heteroatoms. The zero-order valence-electron chi connectivity index (χ0n) is 7.48. The molecule has 0 amide bonds. The van der Waals surface area contributed by atoms with Crippen molar-refractivity contribution in [1.82, 2.24) is 0 Å². The van der Waals surface area contributed by atoms with Gasteiger partial charge in [0.25, 0.3) is 0 Å². The monoisotopic (exact) mass is 276 g/mol. The largest absolute Gasteiger partial charge is 2.00 e. The molecular weight excluding hydrogens is 259 g/mol. The van der Waals surface area contributed by atoms with Crippen molar-refractivity contribution in [3.63, 3.8) is 0 Å². The van der Waals surface area contributed by atoms with Crippen LogP contribution in [0.2, 0.25) is 0 Å². The maximum absolute atomic E-state index is 2.45. The molecule has 0 aromatic carbocycles. The Morgan fingerprint density at radius 3 is 2.55 bits per heavy atom. The first kappa shape index (κ1) is 15.0. The van der Waals surface area contributed by atoms with E-state index in [2.05, 4.69) is 13.3 Å². The van der Waals surface area contributed by atoms with Crippen molar-refractivity contribution in [1.29, 1.82) is 0 Å². The smallest absolute Gasteiger partial charge is 1.00 e. The molecule has 0 aliphatic heterocycles. The van der Waals surface area contributed by atoms with Crippen LogP contribution in [0.4, 0.5) is 0 Å². The summed E-state index contributed by atoms with van der Waals surface area (Å²) in [6.07, 6.45) is 11.0. The number of hydrogen-bond acceptors (Lipinski definition) is 0. The second kappa shape index (κ2) is 9.58. The van der Waals surface area contributed by atoms with Crippen molar-refractivity contribution in [2.45, 2.75) is 45.4 Å². The molecule has 0 spiro atoms. The minimum absolute atomic E-state index is 0. The van der Waals surface area contributed by atoms with Gasteiger partial charge in [0.05, 0.1) is 0 Å². The van der Waals surface area contributed by atoms with Crippen LogP contribution < -0.4 is 24.0 Å². The fourth-order valence-corrected chi connectivity index (χ4v) is 1.47. The van der Waals surface area contributed by atoms with Gasteiger partial charge in [0, 0.05) is 0 Å². The van der Waals surface area contributed by atoms with Gasteiger partial charge in [-0.05, 0) is 5.92 Å². The molecular formula is C9H17IMg. The second-order valence-corrected chi connectivity index (χ2v) is 3.26. The Bertz CT molecular complexity index is 68.0. The van der Waals surface area contributed by atoms with E-state index in [0.29, 0.717) is 0 Å². The summed E-state index contributed by atoms with van der Waals surface area (Å²) in [5, 5.41) is 0. The van der Waals surface area contributed by atoms with Gasteiger partial charge in [-0.1, -0.05) is 32.6 Å². The van der Waals surface area contributed by atoms with Gasteiger partial charge in [-0.15, -0.1) is 0 Å². The van der Waals surface area contributed by atoms with E-state index in [-0.39, 0.29) is 47.0 Å². The summed E-state index contributed by atoms with van der Waals surface area (Å²) in [6.45, 7) is 2.37. The Morgan fingerprint density at radius 1 is 1.09 bits per heavy atom. The third-order valence-corrected chi connectivity index (χ3v) is 2.22. The molecule has 0 N–H and O–H groups in total. The van der Waals surface area contributed by atoms with Crippen LogP contribution in [0, 0.1) is 12.3 Å². The summed E-state index contributed by atoms with van der Waals surface area (Å²) in [5.74, 6) is 0.988. The molecule has 62 valence electrons. The summed E-state index contributed by atoms with van der Waals surface area (Å²) in [7, 11) is 0. The van der Waals surface area contributed by atoms with Gasteiger partial charge >= 0.3 is 23.1 Å². The predicted molar refractivity (Wildman–Crippen MR) is 46.9 cm³/mol. The topological polar surface area (TPSA) is 0 Å². The van der Waals surface area contributed by atoms with E-state index in [1.807, 2.05) is 0 Å². The average molecular weight is 276 g/mol. The average Bonchev–Trinajstić information content (AvgIpc) is 1.79. The molecule has 1 saturated carbocycles. The quantitative estimate of drug-likeness (QED) is 0.327. The molecule has 1 atom stereocenters. The third-order valence-electron chi connectivity index (χ3n) is 2.22. The summed E-state index contributed by atoms with van der Waals surface area (Å²) in [4.78, 5) is 0. The molecule has 0 heterocycles. The predicted octanol–water partition coefficient (Wildman–Crippen LogP) is -0.196. The molecule has 1 fully saturated rings. The van der Waals surface area contributed by atoms with E-state index in [0.717, 1.165) is 5.92 Å². The molecule has 0 aromatic heterocycles. The summed E-state index contributed by atoms with van der Waals surface area (Å²) in [6, 6.07) is 0. The Hall–Kier alpha value is 1.50. The van der Waals surface area contributed by atoms with Crippen molar-refractivity contribution in [2.24, 2.45) is 5.92 Å². The van der Waals surface area contributed by atoms with Crippen LogP contribution in [0.1, 0.15) is 45.4 Å². The van der Waals surface area contributed by atoms with Crippen LogP contribution in [-0.2, 0) is 0 Å². The third kappa shape index (κ3) is 7.84. The van der Waals surface area contributed by atoms with Gasteiger partial charge in [0.1, 0.15) is 0 Å². The first-order valence-electron chi connectivity index (χ1n) is 4.21. The van der Waals surface area contributed by atoms with Crippen LogP contribution in [0.3, 0.4) is 0 Å². The van der Waals surface area contributed by atoms with Crippen molar-refractivity contribution < 1.29 is 24.0 Å². The first-order chi connectivity index (χ1) is 4.39. The minimum Gasteiger partial charge on any atom is -1.00 e. The zero-order chi connectivity index (χ0) is 6.53. The van der Waals surface area contributed by atoms with Crippen molar-refractivity contribution in [2.75, 3.05) is 0 Å². The Kier molecular flexibility index (Phi) is 13.1. The van der Waals surface area contributed by atoms with Crippen LogP contribution in [0.25, 0.3) is 0 Å². The van der Waals surface area contributed by atoms with Gasteiger partial charge in [-0.3, -0.25) is 0 Å². The Morgan fingerprint density at radius 2 is 1.82 bits per heavy atom. The normalized spacial score (nSPS) is 25.4. The minimum atomic E-state index is 0. The second-order valence-electron chi connectivity index (χ2n) is 3.26. The Labute approximate surface area is 104 Å². The van der Waals surface area contributed by atoms with Crippen LogP contribution in [0.5, 0.6) is 0 Å². The zero-order valence-corrected chi connectivity index (χ0v) is 11.1. The van der Waals surface area contributed by atoms with Gasteiger partial charge in [-0.25, -0.2) is 0 Å². The molecule has 1 unspecified atom stereocenters. The van der Waals surface area contributed by atoms with Crippen LogP contribution >= 0.6 is 0 Å². The fourth-order valence-electron chi connectivity index (χ4n) is 1.47. The molecule has 1 aliphatic rings. The van der Waals surface area contributed by atoms with E-state index >= 15 is 0 Å². The molecule has 0 aromatic rings. The van der Waals surface area contributed by atoms with Gasteiger partial charge in [0.15, 0.2) is 0 Å². The maximum Gasteiger partial charge on any atom is 2.00 e. The number of halogens is 1. The molecule has 0 bridgehead atoms. The molecule has 0 radical (unpaired) electrons. The van der Waals surface area contributed by atoms with E-state index in [1.54, 1.807) is 0 Å². The van der Waals surface area contributed by atoms with Crippen molar-refractivity contribution >= 4 is 23.1 Å². The van der Waals surface area contributed by atoms with Crippen molar-refractivity contribution in [3.8, 4) is 0 Å². The molecule has 0 saturated heterocycles. The van der Waals surface area contributed by atoms with E-state index in [4.69, 9.17) is 0 Å². The first-order valence-corrected chi connectivity index (χ1v) is 4.21. The van der Waals surface area contributed by atoms with Gasteiger partial charge < -0.3 is 30.4 Å². The van der Waals surface area contributed by atoms with Crippen LogP contribution in [0.15, 0.2) is 0 Å².